The fourth-order valence-electron chi connectivity index (χ4n) is 5.19. The third-order valence-electron chi connectivity index (χ3n) is 6.96. The van der Waals surface area contributed by atoms with Crippen LogP contribution in [0.25, 0.3) is 10.9 Å². The topological polar surface area (TPSA) is 50.6 Å². The SMILES string of the molecule is O=c1c2ccc(N3CCN(CC4CCCCO4)CC3)cc2ncn1C1CCCC1. The lowest BCUT2D eigenvalue weighted by molar-refractivity contribution is -0.00644. The van der Waals surface area contributed by atoms with Crippen molar-refractivity contribution >= 4 is 16.6 Å². The van der Waals surface area contributed by atoms with E-state index < -0.39 is 0 Å². The minimum absolute atomic E-state index is 0.116. The summed E-state index contributed by atoms with van der Waals surface area (Å²) in [6, 6.07) is 6.51. The molecule has 156 valence electrons. The lowest BCUT2D eigenvalue weighted by Gasteiger charge is -2.38. The minimum atomic E-state index is 0.116. The summed E-state index contributed by atoms with van der Waals surface area (Å²) < 4.78 is 7.77. The van der Waals surface area contributed by atoms with E-state index in [0.717, 1.165) is 63.1 Å². The van der Waals surface area contributed by atoms with E-state index in [2.05, 4.69) is 26.9 Å². The molecule has 1 saturated carbocycles. The van der Waals surface area contributed by atoms with E-state index in [-0.39, 0.29) is 5.56 Å². The van der Waals surface area contributed by atoms with Gasteiger partial charge in [0.05, 0.1) is 23.3 Å². The van der Waals surface area contributed by atoms with Crippen LogP contribution in [0.5, 0.6) is 0 Å². The molecule has 29 heavy (non-hydrogen) atoms. The third kappa shape index (κ3) is 4.05. The Balaban J connectivity index is 1.26. The molecule has 0 spiro atoms. The summed E-state index contributed by atoms with van der Waals surface area (Å²) in [4.78, 5) is 22.5. The monoisotopic (exact) mass is 396 g/mol. The molecular weight excluding hydrogens is 364 g/mol. The Morgan fingerprint density at radius 1 is 1.00 bits per heavy atom. The summed E-state index contributed by atoms with van der Waals surface area (Å²) in [6.45, 7) is 6.14. The first kappa shape index (κ1) is 19.1. The molecule has 1 atom stereocenters. The average Bonchev–Trinajstić information content (AvgIpc) is 3.30. The Hall–Kier alpha value is -1.92. The molecule has 1 unspecified atom stereocenters. The van der Waals surface area contributed by atoms with Gasteiger partial charge < -0.3 is 9.64 Å². The van der Waals surface area contributed by atoms with Crippen LogP contribution >= 0.6 is 0 Å². The quantitative estimate of drug-likeness (QED) is 0.794. The highest BCUT2D eigenvalue weighted by atomic mass is 16.5. The van der Waals surface area contributed by atoms with Crippen LogP contribution in [0.2, 0.25) is 0 Å². The molecule has 6 nitrogen and oxygen atoms in total. The van der Waals surface area contributed by atoms with Crippen LogP contribution in [0.3, 0.4) is 0 Å². The molecular formula is C23H32N4O2. The predicted octanol–water partition coefficient (Wildman–Crippen LogP) is 3.20. The number of nitrogens with zero attached hydrogens (tertiary/aromatic N) is 4. The second-order valence-electron chi connectivity index (χ2n) is 8.87. The maximum Gasteiger partial charge on any atom is 0.261 e. The maximum atomic E-state index is 12.9. The van der Waals surface area contributed by atoms with Crippen LogP contribution in [0.4, 0.5) is 5.69 Å². The Morgan fingerprint density at radius 2 is 1.79 bits per heavy atom. The van der Waals surface area contributed by atoms with Gasteiger partial charge in [-0.25, -0.2) is 4.98 Å². The Kier molecular flexibility index (Phi) is 5.55. The molecule has 2 aliphatic heterocycles. The fraction of sp³-hybridized carbons (Fsp3) is 0.652. The molecule has 1 aliphatic carbocycles. The lowest BCUT2D eigenvalue weighted by Crippen LogP contribution is -2.49. The van der Waals surface area contributed by atoms with E-state index in [0.29, 0.717) is 12.1 Å². The molecule has 0 radical (unpaired) electrons. The van der Waals surface area contributed by atoms with Gasteiger partial charge in [0.25, 0.3) is 5.56 Å². The van der Waals surface area contributed by atoms with Crippen molar-refractivity contribution in [3.05, 3.63) is 34.9 Å². The Morgan fingerprint density at radius 3 is 2.55 bits per heavy atom. The van der Waals surface area contributed by atoms with Gasteiger partial charge in [-0.3, -0.25) is 14.3 Å². The Bertz CT molecular complexity index is 891. The summed E-state index contributed by atoms with van der Waals surface area (Å²) >= 11 is 0. The zero-order chi connectivity index (χ0) is 19.6. The van der Waals surface area contributed by atoms with Crippen molar-refractivity contribution < 1.29 is 4.74 Å². The number of fused-ring (bicyclic) bond motifs is 1. The smallest absolute Gasteiger partial charge is 0.261 e. The number of aromatic nitrogens is 2. The first-order valence-corrected chi connectivity index (χ1v) is 11.4. The molecule has 0 bridgehead atoms. The van der Waals surface area contributed by atoms with Crippen molar-refractivity contribution in [1.82, 2.24) is 14.5 Å². The summed E-state index contributed by atoms with van der Waals surface area (Å²) in [7, 11) is 0. The van der Waals surface area contributed by atoms with E-state index in [4.69, 9.17) is 4.74 Å². The van der Waals surface area contributed by atoms with Crippen molar-refractivity contribution in [2.75, 3.05) is 44.2 Å². The molecule has 2 saturated heterocycles. The lowest BCUT2D eigenvalue weighted by atomic mass is 10.1. The molecule has 0 N–H and O–H groups in total. The number of benzene rings is 1. The van der Waals surface area contributed by atoms with Gasteiger partial charge in [0.2, 0.25) is 0 Å². The van der Waals surface area contributed by atoms with Crippen LogP contribution < -0.4 is 10.5 Å². The number of anilines is 1. The Labute approximate surface area is 172 Å². The first-order valence-electron chi connectivity index (χ1n) is 11.4. The highest BCUT2D eigenvalue weighted by Gasteiger charge is 2.23. The van der Waals surface area contributed by atoms with Gasteiger partial charge in [-0.05, 0) is 50.3 Å². The van der Waals surface area contributed by atoms with E-state index in [1.165, 1.54) is 37.8 Å². The van der Waals surface area contributed by atoms with Gasteiger partial charge in [0.15, 0.2) is 0 Å². The highest BCUT2D eigenvalue weighted by molar-refractivity contribution is 5.81. The first-order chi connectivity index (χ1) is 14.3. The molecule has 2 aromatic rings. The van der Waals surface area contributed by atoms with Gasteiger partial charge in [-0.1, -0.05) is 12.8 Å². The minimum Gasteiger partial charge on any atom is -0.377 e. The van der Waals surface area contributed by atoms with Crippen molar-refractivity contribution in [2.45, 2.75) is 57.1 Å². The maximum absolute atomic E-state index is 12.9. The van der Waals surface area contributed by atoms with Crippen LogP contribution in [0.15, 0.2) is 29.3 Å². The molecule has 3 fully saturated rings. The van der Waals surface area contributed by atoms with Crippen molar-refractivity contribution in [3.63, 3.8) is 0 Å². The van der Waals surface area contributed by atoms with Crippen molar-refractivity contribution in [1.29, 1.82) is 0 Å². The van der Waals surface area contributed by atoms with Crippen molar-refractivity contribution in [2.24, 2.45) is 0 Å². The van der Waals surface area contributed by atoms with Gasteiger partial charge >= 0.3 is 0 Å². The van der Waals surface area contributed by atoms with Gasteiger partial charge in [0, 0.05) is 51.1 Å². The molecule has 1 aromatic carbocycles. The van der Waals surface area contributed by atoms with Crippen molar-refractivity contribution in [3.8, 4) is 0 Å². The summed E-state index contributed by atoms with van der Waals surface area (Å²) in [5.41, 5.74) is 2.11. The highest BCUT2D eigenvalue weighted by Crippen LogP contribution is 2.28. The largest absolute Gasteiger partial charge is 0.377 e. The predicted molar refractivity (Wildman–Crippen MR) is 116 cm³/mol. The summed E-state index contributed by atoms with van der Waals surface area (Å²) in [6.07, 6.45) is 10.5. The molecule has 1 aromatic heterocycles. The van der Waals surface area contributed by atoms with Crippen LogP contribution in [-0.2, 0) is 4.74 Å². The second-order valence-corrected chi connectivity index (χ2v) is 8.87. The normalized spacial score (nSPS) is 24.4. The zero-order valence-corrected chi connectivity index (χ0v) is 17.3. The van der Waals surface area contributed by atoms with E-state index in [9.17, 15) is 4.79 Å². The standard InChI is InChI=1S/C23H32N4O2/c28-23-21-9-8-19(15-22(21)24-17-27(23)18-5-1-2-6-18)26-12-10-25(11-13-26)16-20-7-3-4-14-29-20/h8-9,15,17-18,20H,1-7,10-14,16H2. The summed E-state index contributed by atoms with van der Waals surface area (Å²) in [5.74, 6) is 0. The fourth-order valence-corrected chi connectivity index (χ4v) is 5.19. The summed E-state index contributed by atoms with van der Waals surface area (Å²) in [5, 5.41) is 0.747. The second kappa shape index (κ2) is 8.44. The molecule has 3 aliphatic rings. The average molecular weight is 397 g/mol. The van der Waals surface area contributed by atoms with E-state index in [1.54, 1.807) is 6.33 Å². The number of ether oxygens (including phenoxy) is 1. The number of piperazine rings is 1. The molecule has 6 heteroatoms. The number of hydrogen-bond acceptors (Lipinski definition) is 5. The van der Waals surface area contributed by atoms with Gasteiger partial charge in [-0.15, -0.1) is 0 Å². The van der Waals surface area contributed by atoms with Crippen LogP contribution in [0, 0.1) is 0 Å². The van der Waals surface area contributed by atoms with Crippen LogP contribution in [-0.4, -0.2) is 59.9 Å². The number of hydrogen-bond donors (Lipinski definition) is 0. The van der Waals surface area contributed by atoms with E-state index >= 15 is 0 Å². The third-order valence-corrected chi connectivity index (χ3v) is 6.96. The number of rotatable bonds is 4. The molecule has 0 amide bonds. The zero-order valence-electron chi connectivity index (χ0n) is 17.3. The van der Waals surface area contributed by atoms with Crippen LogP contribution in [0.1, 0.15) is 51.0 Å². The molecule has 5 rings (SSSR count). The van der Waals surface area contributed by atoms with Gasteiger partial charge in [0.1, 0.15) is 0 Å². The van der Waals surface area contributed by atoms with Gasteiger partial charge in [-0.2, -0.15) is 0 Å². The molecule has 3 heterocycles. The van der Waals surface area contributed by atoms with E-state index in [1.807, 2.05) is 10.6 Å².